The Labute approximate surface area is 109 Å². The van der Waals surface area contributed by atoms with Gasteiger partial charge in [0.15, 0.2) is 0 Å². The van der Waals surface area contributed by atoms with E-state index >= 15 is 0 Å². The summed E-state index contributed by atoms with van der Waals surface area (Å²) < 4.78 is 0. The third-order valence-electron chi connectivity index (χ3n) is 2.85. The van der Waals surface area contributed by atoms with Gasteiger partial charge in [0.1, 0.15) is 6.04 Å². The molecule has 1 aliphatic rings. The summed E-state index contributed by atoms with van der Waals surface area (Å²) in [5, 5.41) is 0.0293. The van der Waals surface area contributed by atoms with E-state index in [0.29, 0.717) is 23.6 Å². The number of hydrogen-bond donors (Lipinski definition) is 0. The third kappa shape index (κ3) is 2.61. The predicted octanol–water partition coefficient (Wildman–Crippen LogP) is 2.71. The van der Waals surface area contributed by atoms with Crippen LogP contribution in [0.2, 0.25) is 5.02 Å². The minimum atomic E-state index is -0.497. The molecule has 1 fully saturated rings. The van der Waals surface area contributed by atoms with E-state index in [1.165, 1.54) is 4.90 Å². The maximum Gasteiger partial charge on any atom is 0.254 e. The van der Waals surface area contributed by atoms with Gasteiger partial charge in [0.05, 0.1) is 0 Å². The maximum atomic E-state index is 12.2. The number of nitrogens with zero attached hydrogens (tertiary/aromatic N) is 1. The first-order valence-electron chi connectivity index (χ1n) is 5.35. The highest BCUT2D eigenvalue weighted by Gasteiger charge is 2.33. The fourth-order valence-corrected chi connectivity index (χ4v) is 2.45. The van der Waals surface area contributed by atoms with Crippen LogP contribution in [0.25, 0.3) is 0 Å². The van der Waals surface area contributed by atoms with Gasteiger partial charge in [0, 0.05) is 17.1 Å². The van der Waals surface area contributed by atoms with Gasteiger partial charge in [-0.2, -0.15) is 0 Å². The molecule has 0 radical (unpaired) electrons. The van der Waals surface area contributed by atoms with Crippen molar-refractivity contribution in [2.75, 3.05) is 6.54 Å². The monoisotopic (exact) mass is 271 g/mol. The highest BCUT2D eigenvalue weighted by molar-refractivity contribution is 6.64. The predicted molar refractivity (Wildman–Crippen MR) is 66.4 cm³/mol. The number of likely N-dealkylation sites (tertiary alicyclic amines) is 1. The molecule has 0 bridgehead atoms. The van der Waals surface area contributed by atoms with E-state index in [9.17, 15) is 9.59 Å². The number of carbonyl (C=O) groups is 2. The van der Waals surface area contributed by atoms with Crippen molar-refractivity contribution < 1.29 is 9.59 Å². The Hall–Kier alpha value is -1.06. The second-order valence-corrected chi connectivity index (χ2v) is 4.78. The van der Waals surface area contributed by atoms with Gasteiger partial charge in [0.2, 0.25) is 5.24 Å². The molecule has 1 amide bonds. The summed E-state index contributed by atoms with van der Waals surface area (Å²) >= 11 is 11.3. The first-order chi connectivity index (χ1) is 8.09. The van der Waals surface area contributed by atoms with Crippen LogP contribution < -0.4 is 0 Å². The Bertz CT molecular complexity index is 462. The molecule has 90 valence electrons. The van der Waals surface area contributed by atoms with Gasteiger partial charge in [-0.3, -0.25) is 9.59 Å². The molecule has 1 heterocycles. The van der Waals surface area contributed by atoms with Gasteiger partial charge in [-0.05, 0) is 42.6 Å². The second kappa shape index (κ2) is 5.07. The van der Waals surface area contributed by atoms with Crippen molar-refractivity contribution in [1.29, 1.82) is 0 Å². The molecule has 0 aromatic heterocycles. The molecule has 1 saturated heterocycles. The number of carbonyl (C=O) groups excluding carboxylic acids is 2. The fraction of sp³-hybridized carbons (Fsp3) is 0.333. The smallest absolute Gasteiger partial charge is 0.254 e. The molecule has 3 nitrogen and oxygen atoms in total. The largest absolute Gasteiger partial charge is 0.327 e. The van der Waals surface area contributed by atoms with E-state index in [1.807, 2.05) is 0 Å². The summed E-state index contributed by atoms with van der Waals surface area (Å²) in [7, 11) is 0. The number of benzene rings is 1. The van der Waals surface area contributed by atoms with Gasteiger partial charge < -0.3 is 4.90 Å². The van der Waals surface area contributed by atoms with Crippen LogP contribution in [-0.2, 0) is 4.79 Å². The molecule has 1 unspecified atom stereocenters. The summed E-state index contributed by atoms with van der Waals surface area (Å²) in [5.74, 6) is -0.191. The molecule has 1 aromatic rings. The Balaban J connectivity index is 2.23. The molecule has 0 N–H and O–H groups in total. The lowest BCUT2D eigenvalue weighted by atomic mass is 10.2. The first-order valence-corrected chi connectivity index (χ1v) is 6.11. The van der Waals surface area contributed by atoms with E-state index in [0.717, 1.165) is 6.42 Å². The van der Waals surface area contributed by atoms with Crippen molar-refractivity contribution in [2.24, 2.45) is 0 Å². The van der Waals surface area contributed by atoms with Crippen LogP contribution in [0.3, 0.4) is 0 Å². The Morgan fingerprint density at radius 1 is 1.35 bits per heavy atom. The van der Waals surface area contributed by atoms with Crippen molar-refractivity contribution in [1.82, 2.24) is 4.90 Å². The van der Waals surface area contributed by atoms with Gasteiger partial charge in [-0.15, -0.1) is 0 Å². The summed E-state index contributed by atoms with van der Waals surface area (Å²) in [5.41, 5.74) is 0.488. The van der Waals surface area contributed by atoms with Crippen molar-refractivity contribution in [3.8, 4) is 0 Å². The maximum absolute atomic E-state index is 12.2. The topological polar surface area (TPSA) is 37.4 Å². The summed E-state index contributed by atoms with van der Waals surface area (Å²) in [6, 6.07) is 6.19. The van der Waals surface area contributed by atoms with Crippen molar-refractivity contribution in [2.45, 2.75) is 18.9 Å². The zero-order valence-electron chi connectivity index (χ0n) is 9.03. The minimum absolute atomic E-state index is 0.191. The second-order valence-electron chi connectivity index (χ2n) is 3.97. The van der Waals surface area contributed by atoms with E-state index < -0.39 is 11.3 Å². The summed E-state index contributed by atoms with van der Waals surface area (Å²) in [6.45, 7) is 0.564. The molecule has 0 aliphatic carbocycles. The Morgan fingerprint density at radius 2 is 2.12 bits per heavy atom. The van der Waals surface area contributed by atoms with Crippen LogP contribution >= 0.6 is 23.2 Å². The number of amides is 1. The van der Waals surface area contributed by atoms with Crippen molar-refractivity contribution in [3.63, 3.8) is 0 Å². The normalized spacial score (nSPS) is 19.4. The Morgan fingerprint density at radius 3 is 2.76 bits per heavy atom. The van der Waals surface area contributed by atoms with Crippen LogP contribution in [0.4, 0.5) is 0 Å². The molecular formula is C12H11Cl2NO2. The minimum Gasteiger partial charge on any atom is -0.327 e. The number of halogens is 2. The van der Waals surface area contributed by atoms with Gasteiger partial charge in [-0.25, -0.2) is 0 Å². The lowest BCUT2D eigenvalue weighted by Gasteiger charge is -2.21. The van der Waals surface area contributed by atoms with Gasteiger partial charge in [-0.1, -0.05) is 17.7 Å². The van der Waals surface area contributed by atoms with Crippen LogP contribution in [0, 0.1) is 0 Å². The van der Waals surface area contributed by atoms with Crippen LogP contribution in [-0.4, -0.2) is 28.6 Å². The zero-order chi connectivity index (χ0) is 12.4. The SMILES string of the molecule is O=C(Cl)C1CCCN1C(=O)c1cccc(Cl)c1. The number of rotatable bonds is 2. The molecule has 17 heavy (non-hydrogen) atoms. The lowest BCUT2D eigenvalue weighted by Crippen LogP contribution is -2.38. The Kier molecular flexibility index (Phi) is 3.69. The average molecular weight is 272 g/mol. The van der Waals surface area contributed by atoms with Crippen LogP contribution in [0.5, 0.6) is 0 Å². The molecule has 1 atom stereocenters. The molecule has 2 rings (SSSR count). The average Bonchev–Trinajstić information content (AvgIpc) is 2.77. The zero-order valence-corrected chi connectivity index (χ0v) is 10.5. The van der Waals surface area contributed by atoms with E-state index in [-0.39, 0.29) is 5.91 Å². The molecule has 1 aliphatic heterocycles. The summed E-state index contributed by atoms with van der Waals surface area (Å²) in [6.07, 6.45) is 1.43. The molecule has 1 aromatic carbocycles. The third-order valence-corrected chi connectivity index (χ3v) is 3.33. The van der Waals surface area contributed by atoms with E-state index in [1.54, 1.807) is 24.3 Å². The van der Waals surface area contributed by atoms with E-state index in [2.05, 4.69) is 0 Å². The van der Waals surface area contributed by atoms with Gasteiger partial charge in [0.25, 0.3) is 5.91 Å². The van der Waals surface area contributed by atoms with Crippen molar-refractivity contribution >= 4 is 34.4 Å². The molecular weight excluding hydrogens is 261 g/mol. The van der Waals surface area contributed by atoms with Crippen LogP contribution in [0.15, 0.2) is 24.3 Å². The molecule has 5 heteroatoms. The molecule has 0 spiro atoms. The molecule has 0 saturated carbocycles. The van der Waals surface area contributed by atoms with Crippen molar-refractivity contribution in [3.05, 3.63) is 34.9 Å². The lowest BCUT2D eigenvalue weighted by molar-refractivity contribution is -0.115. The van der Waals surface area contributed by atoms with Crippen LogP contribution in [0.1, 0.15) is 23.2 Å². The quantitative estimate of drug-likeness (QED) is 0.776. The summed E-state index contributed by atoms with van der Waals surface area (Å²) in [4.78, 5) is 24.9. The number of hydrogen-bond acceptors (Lipinski definition) is 2. The highest BCUT2D eigenvalue weighted by atomic mass is 35.5. The fourth-order valence-electron chi connectivity index (χ4n) is 2.03. The highest BCUT2D eigenvalue weighted by Crippen LogP contribution is 2.22. The first kappa shape index (κ1) is 12.4. The standard InChI is InChI=1S/C12H11Cl2NO2/c13-9-4-1-3-8(7-9)12(17)15-6-2-5-10(15)11(14)16/h1,3-4,7,10H,2,5-6H2. The van der Waals surface area contributed by atoms with E-state index in [4.69, 9.17) is 23.2 Å². The van der Waals surface area contributed by atoms with Gasteiger partial charge >= 0.3 is 0 Å².